The second kappa shape index (κ2) is 28.6. The van der Waals surface area contributed by atoms with E-state index in [9.17, 15) is 0 Å². The molecule has 4 heavy (non-hydrogen) atoms. The molecule has 0 unspecified atom stereocenters. The summed E-state index contributed by atoms with van der Waals surface area (Å²) in [6.07, 6.45) is 0. The van der Waals surface area contributed by atoms with E-state index in [1.165, 1.54) is 0 Å². The SMILES string of the molecule is [O-2].[O-2].[Ru+4].[Ti]. The minimum Gasteiger partial charge on any atom is -2.00 e. The van der Waals surface area contributed by atoms with Crippen LogP contribution in [0.15, 0.2) is 0 Å². The fraction of sp³-hybridized carbons (Fsp3) is 0. The number of hydrogen-bond acceptors (Lipinski definition) is 0. The third kappa shape index (κ3) is 10.5. The van der Waals surface area contributed by atoms with Gasteiger partial charge in [0.15, 0.2) is 0 Å². The molecule has 0 N–H and O–H groups in total. The van der Waals surface area contributed by atoms with Gasteiger partial charge in [-0.05, 0) is 0 Å². The van der Waals surface area contributed by atoms with Gasteiger partial charge in [0.05, 0.1) is 0 Å². The first-order chi connectivity index (χ1) is 0. The van der Waals surface area contributed by atoms with Gasteiger partial charge in [0.2, 0.25) is 0 Å². The predicted octanol–water partition coefficient (Wildman–Crippen LogP) is -0.243. The van der Waals surface area contributed by atoms with E-state index in [4.69, 9.17) is 0 Å². The van der Waals surface area contributed by atoms with Crippen LogP contribution in [0.2, 0.25) is 0 Å². The topological polar surface area (TPSA) is 57.0 Å². The van der Waals surface area contributed by atoms with Gasteiger partial charge in [0.25, 0.3) is 0 Å². The molecule has 0 heterocycles. The van der Waals surface area contributed by atoms with Crippen LogP contribution >= 0.6 is 0 Å². The van der Waals surface area contributed by atoms with Crippen LogP contribution in [0.3, 0.4) is 0 Å². The first-order valence-electron chi connectivity index (χ1n) is 0. The van der Waals surface area contributed by atoms with Crippen molar-refractivity contribution in [2.45, 2.75) is 0 Å². The normalized spacial score (nSPS) is 0. The van der Waals surface area contributed by atoms with E-state index in [-0.39, 0.29) is 52.1 Å². The van der Waals surface area contributed by atoms with Crippen LogP contribution in [0.4, 0.5) is 0 Å². The second-order valence-corrected chi connectivity index (χ2v) is 0. The zero-order chi connectivity index (χ0) is 0. The summed E-state index contributed by atoms with van der Waals surface area (Å²) in [7, 11) is 0. The summed E-state index contributed by atoms with van der Waals surface area (Å²) in [5, 5.41) is 0. The summed E-state index contributed by atoms with van der Waals surface area (Å²) in [5.74, 6) is 0. The molecule has 0 atom stereocenters. The van der Waals surface area contributed by atoms with Gasteiger partial charge in [0.1, 0.15) is 0 Å². The van der Waals surface area contributed by atoms with Crippen LogP contribution < -0.4 is 0 Å². The van der Waals surface area contributed by atoms with Crippen molar-refractivity contribution in [1.82, 2.24) is 0 Å². The molecule has 2 nitrogen and oxygen atoms in total. The van der Waals surface area contributed by atoms with Gasteiger partial charge in [-0.3, -0.25) is 0 Å². The summed E-state index contributed by atoms with van der Waals surface area (Å²) >= 11 is 0. The molecule has 4 heteroatoms. The molecule has 0 aliphatic carbocycles. The van der Waals surface area contributed by atoms with Crippen LogP contribution in [0, 0.1) is 0 Å². The van der Waals surface area contributed by atoms with Crippen LogP contribution in [-0.2, 0) is 52.1 Å². The van der Waals surface area contributed by atoms with E-state index >= 15 is 0 Å². The summed E-state index contributed by atoms with van der Waals surface area (Å²) in [4.78, 5) is 0. The molecule has 0 radical (unpaired) electrons. The fourth-order valence-electron chi connectivity index (χ4n) is 0. The Morgan fingerprint density at radius 3 is 0.750 bits per heavy atom. The predicted molar refractivity (Wildman–Crippen MR) is 1.37 cm³/mol. The number of hydrogen-bond donors (Lipinski definition) is 0. The van der Waals surface area contributed by atoms with E-state index in [2.05, 4.69) is 0 Å². The first kappa shape index (κ1) is 60.3. The molecular weight excluding hydrogens is 181 g/mol. The minimum absolute atomic E-state index is 0. The van der Waals surface area contributed by atoms with E-state index in [1.54, 1.807) is 0 Å². The maximum atomic E-state index is 0. The molecule has 0 saturated carbocycles. The summed E-state index contributed by atoms with van der Waals surface area (Å²) < 4.78 is 0. The van der Waals surface area contributed by atoms with Gasteiger partial charge in [-0.15, -0.1) is 0 Å². The van der Waals surface area contributed by atoms with Gasteiger partial charge >= 0.3 is 19.5 Å². The molecule has 0 aromatic heterocycles. The van der Waals surface area contributed by atoms with Crippen molar-refractivity contribution in [2.24, 2.45) is 0 Å². The zero-order valence-corrected chi connectivity index (χ0v) is 4.97. The Balaban J connectivity index is 0. The monoisotopic (exact) mass is 182 g/mol. The quantitative estimate of drug-likeness (QED) is 0.463. The van der Waals surface area contributed by atoms with Crippen molar-refractivity contribution in [3.05, 3.63) is 0 Å². The molecular formula is O2RuTi. The number of rotatable bonds is 0. The van der Waals surface area contributed by atoms with Gasteiger partial charge in [-0.1, -0.05) is 0 Å². The van der Waals surface area contributed by atoms with E-state index < -0.39 is 0 Å². The molecule has 0 aromatic carbocycles. The smallest absolute Gasteiger partial charge is 2.00 e. The van der Waals surface area contributed by atoms with Gasteiger partial charge in [-0.2, -0.15) is 0 Å². The van der Waals surface area contributed by atoms with Crippen LogP contribution in [-0.4, -0.2) is 0 Å². The molecule has 0 fully saturated rings. The van der Waals surface area contributed by atoms with Crippen molar-refractivity contribution in [2.75, 3.05) is 0 Å². The largest absolute Gasteiger partial charge is 4.00 e. The molecule has 0 aromatic rings. The average Bonchev–Trinajstić information content (AvgIpc) is 0. The first-order valence-corrected chi connectivity index (χ1v) is 0. The van der Waals surface area contributed by atoms with Crippen molar-refractivity contribution >= 4 is 0 Å². The Hall–Kier alpha value is 1.26. The van der Waals surface area contributed by atoms with Crippen LogP contribution in [0.1, 0.15) is 0 Å². The standard InChI is InChI=1S/2O.Ru.Ti/q2*-2;+4;. The van der Waals surface area contributed by atoms with Crippen LogP contribution in [0.5, 0.6) is 0 Å². The third-order valence-corrected chi connectivity index (χ3v) is 0. The molecule has 24 valence electrons. The average molecular weight is 181 g/mol. The molecule has 0 aliphatic rings. The van der Waals surface area contributed by atoms with E-state index in [1.807, 2.05) is 0 Å². The van der Waals surface area contributed by atoms with Crippen molar-refractivity contribution < 1.29 is 52.1 Å². The molecule has 0 amide bonds. The summed E-state index contributed by atoms with van der Waals surface area (Å²) in [5.41, 5.74) is 0. The van der Waals surface area contributed by atoms with E-state index in [0.717, 1.165) is 0 Å². The molecule has 0 bridgehead atoms. The maximum Gasteiger partial charge on any atom is 4.00 e. The van der Waals surface area contributed by atoms with Gasteiger partial charge in [0, 0.05) is 21.7 Å². The zero-order valence-electron chi connectivity index (χ0n) is 1.67. The van der Waals surface area contributed by atoms with Crippen molar-refractivity contribution in [1.29, 1.82) is 0 Å². The van der Waals surface area contributed by atoms with Gasteiger partial charge in [-0.25, -0.2) is 0 Å². The Morgan fingerprint density at radius 2 is 0.750 bits per heavy atom. The van der Waals surface area contributed by atoms with Crippen molar-refractivity contribution in [3.8, 4) is 0 Å². The fourth-order valence-corrected chi connectivity index (χ4v) is 0. The summed E-state index contributed by atoms with van der Waals surface area (Å²) in [6.45, 7) is 0. The van der Waals surface area contributed by atoms with Gasteiger partial charge < -0.3 is 11.0 Å². The van der Waals surface area contributed by atoms with Crippen molar-refractivity contribution in [3.63, 3.8) is 0 Å². The maximum absolute atomic E-state index is 0. The molecule has 0 rings (SSSR count). The van der Waals surface area contributed by atoms with Crippen LogP contribution in [0.25, 0.3) is 0 Å². The summed E-state index contributed by atoms with van der Waals surface area (Å²) in [6, 6.07) is 0. The Labute approximate surface area is 52.2 Å². The molecule has 0 saturated heterocycles. The minimum atomic E-state index is 0. The third-order valence-electron chi connectivity index (χ3n) is 0. The molecule has 0 aliphatic heterocycles. The van der Waals surface area contributed by atoms with E-state index in [0.29, 0.717) is 0 Å². The Kier molecular flexibility index (Phi) is 430. The Bertz CT molecular complexity index is 6.00. The molecule has 0 spiro atoms. The Morgan fingerprint density at radius 1 is 0.750 bits per heavy atom. The second-order valence-electron chi connectivity index (χ2n) is 0.